The van der Waals surface area contributed by atoms with Crippen LogP contribution < -0.4 is 10.6 Å². The van der Waals surface area contributed by atoms with Gasteiger partial charge >= 0.3 is 0 Å². The average molecular weight is 592 g/mol. The van der Waals surface area contributed by atoms with Gasteiger partial charge in [0, 0.05) is 29.9 Å². The Hall–Kier alpha value is -4.93. The van der Waals surface area contributed by atoms with Crippen LogP contribution in [0.1, 0.15) is 76.7 Å². The summed E-state index contributed by atoms with van der Waals surface area (Å²) in [6, 6.07) is 12.4. The number of para-hydroxylation sites is 2. The normalized spacial score (nSPS) is 21.4. The van der Waals surface area contributed by atoms with Gasteiger partial charge in [0.15, 0.2) is 0 Å². The van der Waals surface area contributed by atoms with Crippen LogP contribution in [0, 0.1) is 19.8 Å². The number of hydrogen-bond acceptors (Lipinski definition) is 8. The molecule has 224 valence electrons. The minimum Gasteiger partial charge on any atom is -0.385 e. The zero-order chi connectivity index (χ0) is 30.5. The summed E-state index contributed by atoms with van der Waals surface area (Å²) in [4.78, 5) is 60.2. The Labute approximate surface area is 254 Å². The van der Waals surface area contributed by atoms with Crippen molar-refractivity contribution in [2.75, 3.05) is 11.9 Å². The average Bonchev–Trinajstić information content (AvgIpc) is 3.42. The Morgan fingerprint density at radius 3 is 2.55 bits per heavy atom. The number of piperidine rings is 1. The van der Waals surface area contributed by atoms with E-state index in [1.54, 1.807) is 18.2 Å². The number of anilines is 1. The van der Waals surface area contributed by atoms with Crippen LogP contribution in [-0.2, 0) is 9.59 Å². The Morgan fingerprint density at radius 2 is 1.75 bits per heavy atom. The first-order valence-corrected chi connectivity index (χ1v) is 15.2. The van der Waals surface area contributed by atoms with E-state index in [9.17, 15) is 19.2 Å². The Balaban J connectivity index is 0.919. The van der Waals surface area contributed by atoms with Crippen molar-refractivity contribution < 1.29 is 19.2 Å². The monoisotopic (exact) mass is 591 g/mol. The predicted molar refractivity (Wildman–Crippen MR) is 163 cm³/mol. The van der Waals surface area contributed by atoms with E-state index in [2.05, 4.69) is 27.2 Å². The Bertz CT molecular complexity index is 1840. The lowest BCUT2D eigenvalue weighted by Crippen LogP contribution is -2.54. The number of aryl methyl sites for hydroxylation is 1. The van der Waals surface area contributed by atoms with Gasteiger partial charge in [0.2, 0.25) is 11.8 Å². The number of benzene rings is 2. The van der Waals surface area contributed by atoms with Crippen LogP contribution in [0.15, 0.2) is 48.7 Å². The van der Waals surface area contributed by atoms with Gasteiger partial charge in [-0.15, -0.1) is 0 Å². The van der Waals surface area contributed by atoms with Crippen molar-refractivity contribution in [3.8, 4) is 11.3 Å². The van der Waals surface area contributed by atoms with E-state index >= 15 is 0 Å². The number of carbonyl (C=O) groups excluding carboxylic acids is 4. The van der Waals surface area contributed by atoms with Gasteiger partial charge in [0.05, 0.1) is 45.8 Å². The number of rotatable bonds is 8. The molecule has 1 unspecified atom stereocenters. The summed E-state index contributed by atoms with van der Waals surface area (Å²) in [7, 11) is 0. The topological polar surface area (TPSA) is 139 Å². The van der Waals surface area contributed by atoms with E-state index < -0.39 is 23.8 Å². The highest BCUT2D eigenvalue weighted by molar-refractivity contribution is 6.23. The number of carbonyl (C=O) groups is 4. The van der Waals surface area contributed by atoms with E-state index in [-0.39, 0.29) is 29.9 Å². The van der Waals surface area contributed by atoms with Crippen LogP contribution >= 0.6 is 0 Å². The summed E-state index contributed by atoms with van der Waals surface area (Å²) >= 11 is 0. The second-order valence-corrected chi connectivity index (χ2v) is 12.0. The summed E-state index contributed by atoms with van der Waals surface area (Å²) in [5, 5.41) is 10.5. The number of amides is 4. The first-order valence-electron chi connectivity index (χ1n) is 15.2. The van der Waals surface area contributed by atoms with Crippen LogP contribution in [0.25, 0.3) is 22.3 Å². The van der Waals surface area contributed by atoms with Crippen LogP contribution in [-0.4, -0.2) is 60.9 Å². The van der Waals surface area contributed by atoms with Gasteiger partial charge in [0.25, 0.3) is 11.8 Å². The van der Waals surface area contributed by atoms with Crippen molar-refractivity contribution in [2.45, 2.75) is 64.5 Å². The predicted octanol–water partition coefficient (Wildman–Crippen LogP) is 4.35. The second-order valence-electron chi connectivity index (χ2n) is 12.0. The molecular weight excluding hydrogens is 558 g/mol. The molecule has 44 heavy (non-hydrogen) atoms. The van der Waals surface area contributed by atoms with E-state index in [1.165, 1.54) is 0 Å². The summed E-state index contributed by atoms with van der Waals surface area (Å²) in [6.45, 7) is 4.89. The molecule has 2 fully saturated rings. The highest BCUT2D eigenvalue weighted by Gasteiger charge is 2.44. The largest absolute Gasteiger partial charge is 0.385 e. The van der Waals surface area contributed by atoms with Crippen molar-refractivity contribution in [1.82, 2.24) is 30.0 Å². The van der Waals surface area contributed by atoms with E-state index in [0.717, 1.165) is 76.5 Å². The fourth-order valence-corrected chi connectivity index (χ4v) is 6.81. The van der Waals surface area contributed by atoms with Crippen LogP contribution in [0.2, 0.25) is 0 Å². The summed E-state index contributed by atoms with van der Waals surface area (Å²) in [5.74, 6) is -1.37. The number of imide groups is 2. The van der Waals surface area contributed by atoms with Crippen molar-refractivity contribution in [2.24, 2.45) is 5.92 Å². The third kappa shape index (κ3) is 4.82. The molecule has 2 aliphatic heterocycles. The van der Waals surface area contributed by atoms with E-state index in [1.807, 2.05) is 37.4 Å². The molecule has 0 bridgehead atoms. The van der Waals surface area contributed by atoms with Crippen molar-refractivity contribution >= 4 is 40.3 Å². The quantitative estimate of drug-likeness (QED) is 0.228. The minimum atomic E-state index is -0.962. The standard InChI is InChI=1S/C33H33N7O4/c1-18-30(27-17-35-25-7-3-4-8-26(25)36-27)19(2)40(38-18)22-14-20(15-22)6-5-13-34-21-9-10-23-24(16-21)33(44)39(32(23)43)28-11-12-29(41)37-31(28)42/h3-4,7-10,16-17,20,22,28,34H,5-6,11-15H2,1-2H3,(H,37,41,42). The zero-order valence-corrected chi connectivity index (χ0v) is 24.7. The number of aromatic nitrogens is 4. The molecule has 7 rings (SSSR count). The lowest BCUT2D eigenvalue weighted by Gasteiger charge is -2.36. The molecular formula is C33H33N7O4. The molecule has 2 aromatic carbocycles. The van der Waals surface area contributed by atoms with Gasteiger partial charge in [-0.2, -0.15) is 5.10 Å². The first kappa shape index (κ1) is 27.9. The Kier molecular flexibility index (Phi) is 6.95. The molecule has 4 heterocycles. The van der Waals surface area contributed by atoms with Gasteiger partial charge in [-0.25, -0.2) is 4.98 Å². The van der Waals surface area contributed by atoms with Gasteiger partial charge < -0.3 is 5.32 Å². The molecule has 0 radical (unpaired) electrons. The number of nitrogens with zero attached hydrogens (tertiary/aromatic N) is 5. The lowest BCUT2D eigenvalue weighted by atomic mass is 9.77. The maximum Gasteiger partial charge on any atom is 0.262 e. The zero-order valence-electron chi connectivity index (χ0n) is 24.7. The molecule has 2 aromatic heterocycles. The molecule has 1 saturated carbocycles. The molecule has 2 N–H and O–H groups in total. The molecule has 11 nitrogen and oxygen atoms in total. The van der Waals surface area contributed by atoms with E-state index in [4.69, 9.17) is 10.1 Å². The van der Waals surface area contributed by atoms with Crippen LogP contribution in [0.5, 0.6) is 0 Å². The fraction of sp³-hybridized carbons (Fsp3) is 0.364. The summed E-state index contributed by atoms with van der Waals surface area (Å²) in [5.41, 5.74) is 7.09. The van der Waals surface area contributed by atoms with Gasteiger partial charge in [-0.05, 0) is 82.2 Å². The highest BCUT2D eigenvalue weighted by atomic mass is 16.2. The molecule has 1 atom stereocenters. The molecule has 4 aromatic rings. The third-order valence-corrected chi connectivity index (χ3v) is 9.14. The van der Waals surface area contributed by atoms with Gasteiger partial charge in [0.1, 0.15) is 6.04 Å². The maximum atomic E-state index is 13.1. The van der Waals surface area contributed by atoms with Crippen molar-refractivity contribution in [1.29, 1.82) is 0 Å². The first-order chi connectivity index (χ1) is 21.3. The maximum absolute atomic E-state index is 13.1. The highest BCUT2D eigenvalue weighted by Crippen LogP contribution is 2.42. The van der Waals surface area contributed by atoms with Crippen LogP contribution in [0.3, 0.4) is 0 Å². The summed E-state index contributed by atoms with van der Waals surface area (Å²) < 4.78 is 2.16. The van der Waals surface area contributed by atoms with Crippen molar-refractivity contribution in [3.63, 3.8) is 0 Å². The number of hydrogen-bond donors (Lipinski definition) is 2. The molecule has 3 aliphatic rings. The fourth-order valence-electron chi connectivity index (χ4n) is 6.81. The smallest absolute Gasteiger partial charge is 0.262 e. The molecule has 1 aliphatic carbocycles. The third-order valence-electron chi connectivity index (χ3n) is 9.14. The lowest BCUT2D eigenvalue weighted by molar-refractivity contribution is -0.136. The van der Waals surface area contributed by atoms with Gasteiger partial charge in [-0.1, -0.05) is 12.1 Å². The Morgan fingerprint density at radius 1 is 0.977 bits per heavy atom. The summed E-state index contributed by atoms with van der Waals surface area (Å²) in [6.07, 6.45) is 6.29. The van der Waals surface area contributed by atoms with Crippen LogP contribution in [0.4, 0.5) is 5.69 Å². The number of fused-ring (bicyclic) bond motifs is 2. The molecule has 11 heteroatoms. The van der Waals surface area contributed by atoms with E-state index in [0.29, 0.717) is 12.0 Å². The van der Waals surface area contributed by atoms with Crippen molar-refractivity contribution in [3.05, 3.63) is 71.2 Å². The second kappa shape index (κ2) is 11.0. The molecule has 1 saturated heterocycles. The molecule has 4 amide bonds. The molecule has 0 spiro atoms. The SMILES string of the molecule is Cc1nn(C2CC(CCCNc3ccc4c(c3)C(=O)N(C3CCC(=O)NC3=O)C4=O)C2)c(C)c1-c1cnc2ccccc2n1. The minimum absolute atomic E-state index is 0.0983. The number of nitrogens with one attached hydrogen (secondary N) is 2. The van der Waals surface area contributed by atoms with Gasteiger partial charge in [-0.3, -0.25) is 39.1 Å².